The lowest BCUT2D eigenvalue weighted by Crippen LogP contribution is -1.93. The van der Waals surface area contributed by atoms with Crippen molar-refractivity contribution in [2.24, 2.45) is 0 Å². The quantitative estimate of drug-likeness (QED) is 0.168. The smallest absolute Gasteiger partial charge is 0.147 e. The zero-order valence-electron chi connectivity index (χ0n) is 31.8. The Bertz CT molecular complexity index is 3790. The molecule has 0 aliphatic heterocycles. The standard InChI is InChI=1S/C56H33NO2/c1-2-15-38(16-3-1)57-48-23-11-10-21-45(48)54-46(22-12-24-49(54)57)53-42-19-8-6-17-40(42)52(41-18-7-9-20-43(41)53)37-27-28-39-44-29-30-50-55(56(44)59-51(39)32-37)47(33-58-50)36-26-25-34-13-4-5-14-35(34)31-36/h1-33H. The van der Waals surface area contributed by atoms with Gasteiger partial charge in [0.05, 0.1) is 22.7 Å². The van der Waals surface area contributed by atoms with E-state index in [0.717, 1.165) is 55.3 Å². The van der Waals surface area contributed by atoms with Crippen LogP contribution in [0, 0.1) is 0 Å². The van der Waals surface area contributed by atoms with Crippen molar-refractivity contribution >= 4 is 87.0 Å². The summed E-state index contributed by atoms with van der Waals surface area (Å²) in [5, 5.41) is 12.9. The second-order valence-electron chi connectivity index (χ2n) is 15.6. The Labute approximate surface area is 338 Å². The molecule has 0 aliphatic carbocycles. The number of aromatic nitrogens is 1. The molecule has 3 heteroatoms. The van der Waals surface area contributed by atoms with Gasteiger partial charge in [0.1, 0.15) is 16.7 Å². The molecule has 0 aliphatic rings. The second kappa shape index (κ2) is 12.3. The third kappa shape index (κ3) is 4.64. The lowest BCUT2D eigenvalue weighted by Gasteiger charge is -2.18. The number of benzene rings is 10. The van der Waals surface area contributed by atoms with E-state index in [-0.39, 0.29) is 0 Å². The van der Waals surface area contributed by atoms with Crippen LogP contribution in [0.5, 0.6) is 0 Å². The maximum Gasteiger partial charge on any atom is 0.147 e. The minimum Gasteiger partial charge on any atom is -0.464 e. The first-order valence-electron chi connectivity index (χ1n) is 20.2. The monoisotopic (exact) mass is 751 g/mol. The third-order valence-corrected chi connectivity index (χ3v) is 12.4. The van der Waals surface area contributed by atoms with Gasteiger partial charge in [-0.2, -0.15) is 0 Å². The fraction of sp³-hybridized carbons (Fsp3) is 0. The maximum atomic E-state index is 6.92. The highest BCUT2D eigenvalue weighted by Crippen LogP contribution is 2.48. The van der Waals surface area contributed by atoms with E-state index in [1.807, 2.05) is 6.26 Å². The van der Waals surface area contributed by atoms with E-state index < -0.39 is 0 Å². The van der Waals surface area contributed by atoms with Gasteiger partial charge in [0.15, 0.2) is 0 Å². The minimum absolute atomic E-state index is 0.814. The van der Waals surface area contributed by atoms with Crippen LogP contribution in [-0.2, 0) is 0 Å². The molecule has 13 rings (SSSR count). The van der Waals surface area contributed by atoms with Gasteiger partial charge in [-0.05, 0) is 115 Å². The molecule has 10 aromatic carbocycles. The molecular weight excluding hydrogens is 719 g/mol. The van der Waals surface area contributed by atoms with Crippen LogP contribution in [0.4, 0.5) is 0 Å². The second-order valence-corrected chi connectivity index (χ2v) is 15.6. The predicted molar refractivity (Wildman–Crippen MR) is 247 cm³/mol. The summed E-state index contributed by atoms with van der Waals surface area (Å²) < 4.78 is 15.5. The summed E-state index contributed by atoms with van der Waals surface area (Å²) >= 11 is 0. The summed E-state index contributed by atoms with van der Waals surface area (Å²) in [6.07, 6.45) is 1.87. The fourth-order valence-electron chi connectivity index (χ4n) is 9.89. The zero-order valence-corrected chi connectivity index (χ0v) is 31.8. The average Bonchev–Trinajstić information content (AvgIpc) is 4.00. The Kier molecular flexibility index (Phi) is 6.72. The SMILES string of the molecule is c1ccc(-n2c3ccccc3c3c(-c4c5ccccc5c(-c5ccc6c(c5)oc5c6ccc6occ(-c7ccc8ccccc8c7)c65)c5ccccc45)cccc32)cc1. The lowest BCUT2D eigenvalue weighted by atomic mass is 9.85. The lowest BCUT2D eigenvalue weighted by molar-refractivity contribution is 0.616. The summed E-state index contributed by atoms with van der Waals surface area (Å²) in [6, 6.07) is 70.1. The van der Waals surface area contributed by atoms with Crippen molar-refractivity contribution < 1.29 is 8.83 Å². The van der Waals surface area contributed by atoms with E-state index in [4.69, 9.17) is 8.83 Å². The van der Waals surface area contributed by atoms with Gasteiger partial charge in [-0.25, -0.2) is 0 Å². The number of hydrogen-bond donors (Lipinski definition) is 0. The van der Waals surface area contributed by atoms with Crippen molar-refractivity contribution in [1.82, 2.24) is 4.57 Å². The highest BCUT2D eigenvalue weighted by molar-refractivity contribution is 6.27. The van der Waals surface area contributed by atoms with E-state index in [1.54, 1.807) is 0 Å². The van der Waals surface area contributed by atoms with Gasteiger partial charge >= 0.3 is 0 Å². The molecule has 59 heavy (non-hydrogen) atoms. The first-order chi connectivity index (χ1) is 29.3. The molecule has 0 saturated heterocycles. The molecule has 13 aromatic rings. The molecule has 0 radical (unpaired) electrons. The number of para-hydroxylation sites is 2. The maximum absolute atomic E-state index is 6.92. The van der Waals surface area contributed by atoms with Crippen LogP contribution in [-0.4, -0.2) is 4.57 Å². The molecule has 0 fully saturated rings. The van der Waals surface area contributed by atoms with Gasteiger partial charge in [0.25, 0.3) is 0 Å². The normalized spacial score (nSPS) is 12.1. The third-order valence-electron chi connectivity index (χ3n) is 12.4. The number of furan rings is 2. The van der Waals surface area contributed by atoms with E-state index in [0.29, 0.717) is 0 Å². The number of hydrogen-bond acceptors (Lipinski definition) is 2. The van der Waals surface area contributed by atoms with Gasteiger partial charge in [-0.15, -0.1) is 0 Å². The molecule has 3 heterocycles. The summed E-state index contributed by atoms with van der Waals surface area (Å²) in [7, 11) is 0. The Morgan fingerprint density at radius 1 is 0.356 bits per heavy atom. The van der Waals surface area contributed by atoms with Crippen LogP contribution < -0.4 is 0 Å². The number of fused-ring (bicyclic) bond motifs is 11. The van der Waals surface area contributed by atoms with Gasteiger partial charge < -0.3 is 13.4 Å². The molecule has 3 aromatic heterocycles. The van der Waals surface area contributed by atoms with Crippen LogP contribution in [0.1, 0.15) is 0 Å². The molecule has 3 nitrogen and oxygen atoms in total. The number of rotatable bonds is 4. The molecular formula is C56H33NO2. The molecule has 0 N–H and O–H groups in total. The van der Waals surface area contributed by atoms with E-state index in [1.165, 1.54) is 70.8 Å². The fourth-order valence-corrected chi connectivity index (χ4v) is 9.89. The van der Waals surface area contributed by atoms with Gasteiger partial charge in [0.2, 0.25) is 0 Å². The van der Waals surface area contributed by atoms with Crippen molar-refractivity contribution in [2.45, 2.75) is 0 Å². The minimum atomic E-state index is 0.814. The molecule has 0 bridgehead atoms. The first-order valence-corrected chi connectivity index (χ1v) is 20.2. The van der Waals surface area contributed by atoms with Crippen LogP contribution in [0.2, 0.25) is 0 Å². The van der Waals surface area contributed by atoms with Gasteiger partial charge in [-0.1, -0.05) is 140 Å². The molecule has 0 amide bonds. The Morgan fingerprint density at radius 3 is 1.80 bits per heavy atom. The largest absolute Gasteiger partial charge is 0.464 e. The van der Waals surface area contributed by atoms with Crippen LogP contribution in [0.25, 0.3) is 126 Å². The predicted octanol–water partition coefficient (Wildman–Crippen LogP) is 15.9. The molecule has 274 valence electrons. The van der Waals surface area contributed by atoms with Crippen molar-refractivity contribution in [3.8, 4) is 39.1 Å². The van der Waals surface area contributed by atoms with Crippen molar-refractivity contribution in [3.63, 3.8) is 0 Å². The van der Waals surface area contributed by atoms with Gasteiger partial charge in [-0.3, -0.25) is 0 Å². The molecule has 0 saturated carbocycles. The van der Waals surface area contributed by atoms with Crippen molar-refractivity contribution in [2.75, 3.05) is 0 Å². The van der Waals surface area contributed by atoms with Crippen molar-refractivity contribution in [1.29, 1.82) is 0 Å². The molecule has 0 unspecified atom stereocenters. The highest BCUT2D eigenvalue weighted by Gasteiger charge is 2.23. The van der Waals surface area contributed by atoms with Crippen molar-refractivity contribution in [3.05, 3.63) is 200 Å². The average molecular weight is 752 g/mol. The molecule has 0 atom stereocenters. The summed E-state index contributed by atoms with van der Waals surface area (Å²) in [5.41, 5.74) is 13.0. The Balaban J connectivity index is 1.05. The topological polar surface area (TPSA) is 31.2 Å². The first kappa shape index (κ1) is 32.2. The molecule has 0 spiro atoms. The number of nitrogens with zero attached hydrogens (tertiary/aromatic N) is 1. The Hall–Kier alpha value is -7.88. The summed E-state index contributed by atoms with van der Waals surface area (Å²) in [6.45, 7) is 0. The van der Waals surface area contributed by atoms with E-state index in [2.05, 4.69) is 199 Å². The van der Waals surface area contributed by atoms with E-state index >= 15 is 0 Å². The van der Waals surface area contributed by atoms with E-state index in [9.17, 15) is 0 Å². The Morgan fingerprint density at radius 2 is 1.00 bits per heavy atom. The van der Waals surface area contributed by atoms with Crippen LogP contribution in [0.15, 0.2) is 209 Å². The van der Waals surface area contributed by atoms with Crippen LogP contribution >= 0.6 is 0 Å². The zero-order chi connectivity index (χ0) is 38.6. The van der Waals surface area contributed by atoms with Gasteiger partial charge in [0, 0.05) is 32.8 Å². The highest BCUT2D eigenvalue weighted by atomic mass is 16.3. The summed E-state index contributed by atoms with van der Waals surface area (Å²) in [5.74, 6) is 0. The summed E-state index contributed by atoms with van der Waals surface area (Å²) in [4.78, 5) is 0. The van der Waals surface area contributed by atoms with Crippen LogP contribution in [0.3, 0.4) is 0 Å².